The molecule has 0 heterocycles. The van der Waals surface area contributed by atoms with Crippen LogP contribution in [0.15, 0.2) is 0 Å². The average molecular weight is 272 g/mol. The SMILES string of the molecule is CP(=O)(O)OP(=O)(O)OP(=O)(O)OO. The van der Waals surface area contributed by atoms with E-state index in [4.69, 9.17) is 19.9 Å². The van der Waals surface area contributed by atoms with E-state index in [2.05, 4.69) is 13.3 Å². The van der Waals surface area contributed by atoms with E-state index in [1.165, 1.54) is 0 Å². The van der Waals surface area contributed by atoms with E-state index in [9.17, 15) is 13.7 Å². The molecule has 0 fully saturated rings. The normalized spacial score (nSPS) is 24.6. The smallest absolute Gasteiger partial charge is 0.324 e. The lowest BCUT2D eigenvalue weighted by Gasteiger charge is -2.14. The Kier molecular flexibility index (Phi) is 4.64. The summed E-state index contributed by atoms with van der Waals surface area (Å²) in [6, 6.07) is 0. The van der Waals surface area contributed by atoms with Crippen molar-refractivity contribution in [1.29, 1.82) is 0 Å². The van der Waals surface area contributed by atoms with Crippen LogP contribution < -0.4 is 0 Å². The van der Waals surface area contributed by atoms with Gasteiger partial charge in [-0.25, -0.2) is 18.7 Å². The standard InChI is InChI=1S/CH7O10P3/c1-12(3,4)10-14(7,8)11-13(5,6)9-2/h2H,1H3,(H,3,4)(H,5,6)(H,7,8). The van der Waals surface area contributed by atoms with Crippen molar-refractivity contribution >= 4 is 23.2 Å². The van der Waals surface area contributed by atoms with Crippen LogP contribution in [0.25, 0.3) is 0 Å². The van der Waals surface area contributed by atoms with Gasteiger partial charge in [-0.3, -0.25) is 4.57 Å². The Labute approximate surface area is 77.7 Å². The van der Waals surface area contributed by atoms with Crippen LogP contribution in [0.4, 0.5) is 0 Å². The van der Waals surface area contributed by atoms with Crippen molar-refractivity contribution in [2.45, 2.75) is 0 Å². The van der Waals surface area contributed by atoms with E-state index in [-0.39, 0.29) is 0 Å². The predicted octanol–water partition coefficient (Wildman–Crippen LogP) is 0.525. The summed E-state index contributed by atoms with van der Waals surface area (Å²) in [5, 5.41) is 7.70. The highest BCUT2D eigenvalue weighted by Gasteiger charge is 2.39. The molecular weight excluding hydrogens is 265 g/mol. The maximum atomic E-state index is 10.7. The molecule has 0 radical (unpaired) electrons. The Balaban J connectivity index is 4.60. The quantitative estimate of drug-likeness (QED) is 0.315. The second-order valence-corrected chi connectivity index (χ2v) is 6.93. The molecule has 0 aliphatic rings. The summed E-state index contributed by atoms with van der Waals surface area (Å²) in [6.07, 6.45) is 0. The minimum Gasteiger partial charge on any atom is -0.324 e. The first-order chi connectivity index (χ1) is 5.97. The summed E-state index contributed by atoms with van der Waals surface area (Å²) in [7, 11) is -14.9. The zero-order chi connectivity index (χ0) is 11.6. The van der Waals surface area contributed by atoms with Crippen molar-refractivity contribution in [2.24, 2.45) is 0 Å². The highest BCUT2D eigenvalue weighted by atomic mass is 31.3. The van der Waals surface area contributed by atoms with Gasteiger partial charge in [0.25, 0.3) is 0 Å². The average Bonchev–Trinajstić information content (AvgIpc) is 1.78. The van der Waals surface area contributed by atoms with Gasteiger partial charge in [-0.2, -0.15) is 4.31 Å². The monoisotopic (exact) mass is 272 g/mol. The van der Waals surface area contributed by atoms with E-state index < -0.39 is 23.2 Å². The second-order valence-electron chi connectivity index (χ2n) is 1.99. The molecule has 86 valence electrons. The van der Waals surface area contributed by atoms with Crippen LogP contribution in [0.3, 0.4) is 0 Å². The van der Waals surface area contributed by atoms with Crippen LogP contribution >= 0.6 is 23.2 Å². The largest absolute Gasteiger partial charge is 0.508 e. The molecular formula is CH7O10P3. The zero-order valence-electron chi connectivity index (χ0n) is 6.58. The molecule has 0 aromatic carbocycles. The number of hydrogen-bond acceptors (Lipinski definition) is 7. The summed E-state index contributed by atoms with van der Waals surface area (Å²) in [5.74, 6) is 0. The van der Waals surface area contributed by atoms with Crippen molar-refractivity contribution in [1.82, 2.24) is 0 Å². The first-order valence-corrected chi connectivity index (χ1v) is 7.71. The molecule has 14 heavy (non-hydrogen) atoms. The molecule has 4 N–H and O–H groups in total. The first-order valence-electron chi connectivity index (χ1n) is 2.69. The topological polar surface area (TPSA) is 160 Å². The highest BCUT2D eigenvalue weighted by Crippen LogP contribution is 2.66. The Hall–Kier alpha value is 0.410. The molecule has 0 aliphatic carbocycles. The fraction of sp³-hybridized carbons (Fsp3) is 1.00. The lowest BCUT2D eigenvalue weighted by atomic mass is 12.0. The maximum Gasteiger partial charge on any atom is 0.508 e. The van der Waals surface area contributed by atoms with E-state index in [0.29, 0.717) is 6.66 Å². The van der Waals surface area contributed by atoms with Crippen LogP contribution in [0, 0.1) is 0 Å². The van der Waals surface area contributed by atoms with Gasteiger partial charge >= 0.3 is 23.2 Å². The number of hydrogen-bond donors (Lipinski definition) is 4. The van der Waals surface area contributed by atoms with Crippen LogP contribution in [-0.4, -0.2) is 26.6 Å². The van der Waals surface area contributed by atoms with Crippen molar-refractivity contribution in [3.63, 3.8) is 0 Å². The maximum absolute atomic E-state index is 10.7. The number of rotatable bonds is 5. The van der Waals surface area contributed by atoms with Crippen molar-refractivity contribution < 1.29 is 46.9 Å². The summed E-state index contributed by atoms with van der Waals surface area (Å²) < 4.78 is 41.2. The minimum absolute atomic E-state index is 0.543. The second kappa shape index (κ2) is 4.51. The molecule has 0 rings (SSSR count). The van der Waals surface area contributed by atoms with E-state index in [1.807, 2.05) is 0 Å². The molecule has 0 aromatic heterocycles. The molecule has 0 spiro atoms. The molecule has 0 aliphatic heterocycles. The van der Waals surface area contributed by atoms with E-state index >= 15 is 0 Å². The van der Waals surface area contributed by atoms with Crippen LogP contribution in [0.5, 0.6) is 0 Å². The Bertz CT molecular complexity index is 324. The third kappa shape index (κ3) is 6.80. The van der Waals surface area contributed by atoms with Gasteiger partial charge in [0.15, 0.2) is 0 Å². The molecule has 0 aromatic rings. The fourth-order valence-corrected chi connectivity index (χ4v) is 3.43. The highest BCUT2D eigenvalue weighted by molar-refractivity contribution is 7.68. The lowest BCUT2D eigenvalue weighted by Crippen LogP contribution is -1.93. The summed E-state index contributed by atoms with van der Waals surface area (Å²) in [4.78, 5) is 25.4. The van der Waals surface area contributed by atoms with Gasteiger partial charge in [0.2, 0.25) is 0 Å². The van der Waals surface area contributed by atoms with Crippen molar-refractivity contribution in [3.8, 4) is 0 Å². The van der Waals surface area contributed by atoms with Gasteiger partial charge in [0, 0.05) is 6.66 Å². The Morgan fingerprint density at radius 2 is 1.36 bits per heavy atom. The van der Waals surface area contributed by atoms with Gasteiger partial charge in [-0.1, -0.05) is 0 Å². The van der Waals surface area contributed by atoms with Gasteiger partial charge < -0.3 is 14.7 Å². The van der Waals surface area contributed by atoms with Gasteiger partial charge in [-0.05, 0) is 0 Å². The lowest BCUT2D eigenvalue weighted by molar-refractivity contribution is -0.157. The Morgan fingerprint density at radius 1 is 0.929 bits per heavy atom. The van der Waals surface area contributed by atoms with Crippen LogP contribution in [-0.2, 0) is 27.0 Å². The van der Waals surface area contributed by atoms with Crippen molar-refractivity contribution in [2.75, 3.05) is 6.66 Å². The summed E-state index contributed by atoms with van der Waals surface area (Å²) >= 11 is 0. The third-order valence-electron chi connectivity index (χ3n) is 0.564. The van der Waals surface area contributed by atoms with Crippen molar-refractivity contribution in [3.05, 3.63) is 0 Å². The molecule has 0 saturated carbocycles. The first kappa shape index (κ1) is 14.4. The molecule has 0 amide bonds. The van der Waals surface area contributed by atoms with E-state index in [0.717, 1.165) is 0 Å². The number of phosphoric acid groups is 2. The molecule has 13 heteroatoms. The summed E-state index contributed by atoms with van der Waals surface area (Å²) in [5.41, 5.74) is 0. The van der Waals surface area contributed by atoms with Gasteiger partial charge in [0.05, 0.1) is 0 Å². The van der Waals surface area contributed by atoms with Crippen LogP contribution in [0.2, 0.25) is 0 Å². The fourth-order valence-electron chi connectivity index (χ4n) is 0.352. The van der Waals surface area contributed by atoms with Gasteiger partial charge in [0.1, 0.15) is 0 Å². The molecule has 10 nitrogen and oxygen atoms in total. The van der Waals surface area contributed by atoms with E-state index in [1.54, 1.807) is 0 Å². The minimum atomic E-state index is -5.26. The zero-order valence-corrected chi connectivity index (χ0v) is 9.26. The molecule has 0 saturated heterocycles. The summed E-state index contributed by atoms with van der Waals surface area (Å²) in [6.45, 7) is 0.543. The third-order valence-corrected chi connectivity index (χ3v) is 4.46. The van der Waals surface area contributed by atoms with Gasteiger partial charge in [-0.15, -0.1) is 4.67 Å². The molecule has 3 unspecified atom stereocenters. The predicted molar refractivity (Wildman–Crippen MR) is 41.3 cm³/mol. The Morgan fingerprint density at radius 3 is 1.64 bits per heavy atom. The molecule has 0 bridgehead atoms. The van der Waals surface area contributed by atoms with Crippen LogP contribution in [0.1, 0.15) is 0 Å². The molecule has 3 atom stereocenters.